The molecule has 0 aliphatic heterocycles. The van der Waals surface area contributed by atoms with Crippen LogP contribution in [0.3, 0.4) is 0 Å². The highest BCUT2D eigenvalue weighted by Gasteiger charge is 2.38. The normalized spacial score (nSPS) is 29.9. The highest BCUT2D eigenvalue weighted by atomic mass is 32.2. The van der Waals surface area contributed by atoms with Crippen LogP contribution >= 0.6 is 11.8 Å². The van der Waals surface area contributed by atoms with Crippen molar-refractivity contribution in [3.05, 3.63) is 0 Å². The van der Waals surface area contributed by atoms with Crippen molar-refractivity contribution in [2.45, 2.75) is 63.2 Å². The van der Waals surface area contributed by atoms with Crippen molar-refractivity contribution in [2.24, 2.45) is 11.1 Å². The molecule has 2 aliphatic rings. The Balaban J connectivity index is 1.71. The zero-order valence-electron chi connectivity index (χ0n) is 11.4. The van der Waals surface area contributed by atoms with Crippen LogP contribution in [0.25, 0.3) is 0 Å². The summed E-state index contributed by atoms with van der Waals surface area (Å²) in [7, 11) is 0. The highest BCUT2D eigenvalue weighted by Crippen LogP contribution is 2.43. The summed E-state index contributed by atoms with van der Waals surface area (Å²) < 4.78 is 0. The van der Waals surface area contributed by atoms with Gasteiger partial charge in [-0.2, -0.15) is 11.8 Å². The van der Waals surface area contributed by atoms with E-state index in [0.29, 0.717) is 19.0 Å². The third-order valence-corrected chi connectivity index (χ3v) is 5.77. The molecule has 3 nitrogen and oxygen atoms in total. The van der Waals surface area contributed by atoms with Crippen LogP contribution in [0, 0.1) is 5.41 Å². The molecular weight excluding hydrogens is 244 g/mol. The minimum atomic E-state index is 0.139. The van der Waals surface area contributed by atoms with Crippen molar-refractivity contribution < 1.29 is 4.79 Å². The van der Waals surface area contributed by atoms with E-state index in [2.05, 4.69) is 12.2 Å². The summed E-state index contributed by atoms with van der Waals surface area (Å²) in [4.78, 5) is 12.1. The Morgan fingerprint density at radius 3 is 2.78 bits per heavy atom. The quantitative estimate of drug-likeness (QED) is 0.778. The van der Waals surface area contributed by atoms with E-state index in [-0.39, 0.29) is 11.3 Å². The van der Waals surface area contributed by atoms with Crippen molar-refractivity contribution in [1.29, 1.82) is 0 Å². The Bertz CT molecular complexity index is 286. The average Bonchev–Trinajstić information content (AvgIpc) is 2.71. The van der Waals surface area contributed by atoms with E-state index in [1.807, 2.05) is 11.8 Å². The van der Waals surface area contributed by atoms with Gasteiger partial charge in [0.25, 0.3) is 0 Å². The predicted molar refractivity (Wildman–Crippen MR) is 77.7 cm³/mol. The number of carbonyl (C=O) groups is 1. The minimum Gasteiger partial charge on any atom is -0.353 e. The summed E-state index contributed by atoms with van der Waals surface area (Å²) in [5.74, 6) is 1.41. The Morgan fingerprint density at radius 1 is 1.44 bits per heavy atom. The lowest BCUT2D eigenvalue weighted by molar-refractivity contribution is -0.125. The SMILES string of the molecule is CCSC1CCC(NC(=O)CC2(CN)CCC2)C1. The fourth-order valence-corrected chi connectivity index (χ4v) is 4.35. The number of rotatable bonds is 6. The maximum atomic E-state index is 12.1. The van der Waals surface area contributed by atoms with Crippen molar-refractivity contribution in [3.63, 3.8) is 0 Å². The molecule has 18 heavy (non-hydrogen) atoms. The van der Waals surface area contributed by atoms with Crippen LogP contribution in [-0.2, 0) is 4.79 Å². The van der Waals surface area contributed by atoms with E-state index in [9.17, 15) is 4.79 Å². The molecule has 4 heteroatoms. The van der Waals surface area contributed by atoms with Gasteiger partial charge in [0, 0.05) is 17.7 Å². The first kappa shape index (κ1) is 14.2. The second kappa shape index (κ2) is 6.29. The number of hydrogen-bond acceptors (Lipinski definition) is 3. The molecule has 0 aromatic carbocycles. The van der Waals surface area contributed by atoms with Crippen LogP contribution in [0.5, 0.6) is 0 Å². The largest absolute Gasteiger partial charge is 0.353 e. The maximum Gasteiger partial charge on any atom is 0.220 e. The molecule has 0 radical (unpaired) electrons. The standard InChI is InChI=1S/C14H26N2OS/c1-2-18-12-5-4-11(8-12)16-13(17)9-14(10-15)6-3-7-14/h11-12H,2-10,15H2,1H3,(H,16,17). The van der Waals surface area contributed by atoms with Crippen LogP contribution in [0.4, 0.5) is 0 Å². The molecule has 104 valence electrons. The Labute approximate surface area is 115 Å². The van der Waals surface area contributed by atoms with E-state index < -0.39 is 0 Å². The third kappa shape index (κ3) is 3.41. The summed E-state index contributed by atoms with van der Waals surface area (Å²) in [6.07, 6.45) is 7.71. The molecule has 0 saturated heterocycles. The number of nitrogens with one attached hydrogen (secondary N) is 1. The van der Waals surface area contributed by atoms with Crippen molar-refractivity contribution >= 4 is 17.7 Å². The third-order valence-electron chi connectivity index (χ3n) is 4.53. The van der Waals surface area contributed by atoms with Crippen molar-refractivity contribution in [3.8, 4) is 0 Å². The number of thioether (sulfide) groups is 1. The van der Waals surface area contributed by atoms with Gasteiger partial charge < -0.3 is 11.1 Å². The number of carbonyl (C=O) groups excluding carboxylic acids is 1. The predicted octanol–water partition coefficient (Wildman–Crippen LogP) is 2.30. The monoisotopic (exact) mass is 270 g/mol. The molecule has 0 bridgehead atoms. The highest BCUT2D eigenvalue weighted by molar-refractivity contribution is 7.99. The van der Waals surface area contributed by atoms with Gasteiger partial charge in [-0.3, -0.25) is 4.79 Å². The molecule has 3 N–H and O–H groups in total. The number of nitrogens with two attached hydrogens (primary N) is 1. The van der Waals surface area contributed by atoms with Gasteiger partial charge in [-0.1, -0.05) is 13.3 Å². The Kier molecular flexibility index (Phi) is 4.96. The maximum absolute atomic E-state index is 12.1. The Hall–Kier alpha value is -0.220. The fourth-order valence-electron chi connectivity index (χ4n) is 3.21. The van der Waals surface area contributed by atoms with Gasteiger partial charge in [0.1, 0.15) is 0 Å². The molecule has 0 aromatic heterocycles. The second-order valence-corrected chi connectivity index (χ2v) is 7.47. The molecular formula is C14H26N2OS. The first-order valence-electron chi connectivity index (χ1n) is 7.28. The van der Waals surface area contributed by atoms with Gasteiger partial charge in [-0.25, -0.2) is 0 Å². The second-order valence-electron chi connectivity index (χ2n) is 5.89. The first-order chi connectivity index (χ1) is 8.67. The molecule has 2 atom stereocenters. The molecule has 0 spiro atoms. The zero-order chi connectivity index (χ0) is 13.0. The summed E-state index contributed by atoms with van der Waals surface area (Å²) in [6, 6.07) is 0.413. The summed E-state index contributed by atoms with van der Waals surface area (Å²) >= 11 is 2.03. The van der Waals surface area contributed by atoms with Crippen molar-refractivity contribution in [1.82, 2.24) is 5.32 Å². The van der Waals surface area contributed by atoms with Crippen LogP contribution in [0.15, 0.2) is 0 Å². The molecule has 0 heterocycles. The number of hydrogen-bond donors (Lipinski definition) is 2. The lowest BCUT2D eigenvalue weighted by Crippen LogP contribution is -2.43. The lowest BCUT2D eigenvalue weighted by atomic mass is 9.66. The summed E-state index contributed by atoms with van der Waals surface area (Å²) in [5, 5.41) is 3.97. The van der Waals surface area contributed by atoms with E-state index in [1.54, 1.807) is 0 Å². The van der Waals surface area contributed by atoms with Gasteiger partial charge in [0.15, 0.2) is 0 Å². The smallest absolute Gasteiger partial charge is 0.220 e. The first-order valence-corrected chi connectivity index (χ1v) is 8.33. The molecule has 0 aromatic rings. The topological polar surface area (TPSA) is 55.1 Å². The lowest BCUT2D eigenvalue weighted by Gasteiger charge is -2.40. The van der Waals surface area contributed by atoms with E-state index in [1.165, 1.54) is 18.6 Å². The fraction of sp³-hybridized carbons (Fsp3) is 0.929. The van der Waals surface area contributed by atoms with Gasteiger partial charge in [0.05, 0.1) is 0 Å². The van der Waals surface area contributed by atoms with Gasteiger partial charge in [0.2, 0.25) is 5.91 Å². The molecule has 1 amide bonds. The van der Waals surface area contributed by atoms with Gasteiger partial charge in [-0.05, 0) is 49.8 Å². The van der Waals surface area contributed by atoms with Crippen LogP contribution in [0.2, 0.25) is 0 Å². The van der Waals surface area contributed by atoms with Crippen molar-refractivity contribution in [2.75, 3.05) is 12.3 Å². The summed E-state index contributed by atoms with van der Waals surface area (Å²) in [5.41, 5.74) is 5.94. The van der Waals surface area contributed by atoms with Crippen LogP contribution < -0.4 is 11.1 Å². The summed E-state index contributed by atoms with van der Waals surface area (Å²) in [6.45, 7) is 2.87. The van der Waals surface area contributed by atoms with Gasteiger partial charge in [-0.15, -0.1) is 0 Å². The van der Waals surface area contributed by atoms with E-state index >= 15 is 0 Å². The van der Waals surface area contributed by atoms with E-state index in [4.69, 9.17) is 5.73 Å². The molecule has 2 rings (SSSR count). The van der Waals surface area contributed by atoms with E-state index in [0.717, 1.165) is 30.9 Å². The van der Waals surface area contributed by atoms with Crippen LogP contribution in [-0.4, -0.2) is 29.5 Å². The number of amides is 1. The minimum absolute atomic E-state index is 0.139. The van der Waals surface area contributed by atoms with Crippen LogP contribution in [0.1, 0.15) is 51.9 Å². The molecule has 2 fully saturated rings. The average molecular weight is 270 g/mol. The van der Waals surface area contributed by atoms with Gasteiger partial charge >= 0.3 is 0 Å². The zero-order valence-corrected chi connectivity index (χ0v) is 12.2. The molecule has 2 unspecified atom stereocenters. The Morgan fingerprint density at radius 2 is 2.22 bits per heavy atom. The molecule has 2 aliphatic carbocycles. The molecule has 2 saturated carbocycles.